The van der Waals surface area contributed by atoms with Gasteiger partial charge in [0.25, 0.3) is 6.71 Å². The van der Waals surface area contributed by atoms with Crippen molar-refractivity contribution >= 4 is 102 Å². The van der Waals surface area contributed by atoms with Crippen LogP contribution in [0.4, 0.5) is 51.3 Å². The Kier molecular flexibility index (Phi) is 9.34. The van der Waals surface area contributed by atoms with Crippen molar-refractivity contribution in [3.05, 3.63) is 224 Å². The van der Waals surface area contributed by atoms with Crippen LogP contribution in [0.1, 0.15) is 52.7 Å². The maximum absolute atomic E-state index is 5.60. The zero-order chi connectivity index (χ0) is 47.5. The number of hydrogen-bond donors (Lipinski definition) is 0. The molecule has 0 saturated carbocycles. The number of anilines is 9. The van der Waals surface area contributed by atoms with Crippen molar-refractivity contribution in [1.82, 2.24) is 14.0 Å². The summed E-state index contributed by atoms with van der Waals surface area (Å²) in [4.78, 5) is 13.0. The number of pyridine rings is 1. The lowest BCUT2D eigenvalue weighted by Crippen LogP contribution is -2.62. The predicted octanol–water partition coefficient (Wildman–Crippen LogP) is 14.6. The van der Waals surface area contributed by atoms with Crippen LogP contribution in [0.15, 0.2) is 212 Å². The molecule has 11 aromatic rings. The number of para-hydroxylation sites is 4. The molecule has 0 unspecified atom stereocenters. The maximum atomic E-state index is 5.60. The topological polar surface area (TPSA) is 32.0 Å². The third-order valence-electron chi connectivity index (χ3n) is 14.6. The minimum Gasteiger partial charge on any atom is -0.311 e. The highest BCUT2D eigenvalue weighted by atomic mass is 15.3. The molecule has 0 atom stereocenters. The van der Waals surface area contributed by atoms with E-state index < -0.39 is 0 Å². The van der Waals surface area contributed by atoms with Crippen LogP contribution in [0.3, 0.4) is 0 Å². The fraction of sp³-hybridized carbons (Fsp3) is 0.127. The van der Waals surface area contributed by atoms with Crippen LogP contribution in [0.5, 0.6) is 0 Å². The standard InChI is InChI=1S/C63H53BN6/c1-62(2,3)42-28-32-46(33-29-42)67(47-34-30-43(31-35-47)63(4,5)6)48-36-37-52-55(39-48)68(44-19-9-7-10-20-44)56-40-49(69-53-25-15-13-23-50(53)51-24-14-16-26-54(51)69)41-57-59(56)64(52)60-61(66-38-18-17-27-58(66)65-60)70(57)45-21-11-8-12-22-45/h7-41H,1-6H3. The van der Waals surface area contributed by atoms with Gasteiger partial charge >= 0.3 is 0 Å². The molecule has 0 radical (unpaired) electrons. The van der Waals surface area contributed by atoms with Gasteiger partial charge < -0.3 is 14.4 Å². The summed E-state index contributed by atoms with van der Waals surface area (Å²) >= 11 is 0. The van der Waals surface area contributed by atoms with E-state index in [1.807, 2.05) is 0 Å². The Hall–Kier alpha value is -8.29. The van der Waals surface area contributed by atoms with Crippen LogP contribution < -0.4 is 31.2 Å². The van der Waals surface area contributed by atoms with Crippen LogP contribution >= 0.6 is 0 Å². The van der Waals surface area contributed by atoms with Gasteiger partial charge in [0, 0.05) is 62.5 Å². The van der Waals surface area contributed by atoms with Crippen molar-refractivity contribution in [1.29, 1.82) is 0 Å². The summed E-state index contributed by atoms with van der Waals surface area (Å²) in [7, 11) is 0. The van der Waals surface area contributed by atoms with Gasteiger partial charge in [-0.1, -0.05) is 151 Å². The number of hydrogen-bond acceptors (Lipinski definition) is 4. The predicted molar refractivity (Wildman–Crippen MR) is 296 cm³/mol. The lowest BCUT2D eigenvalue weighted by molar-refractivity contribution is 0.590. The van der Waals surface area contributed by atoms with Gasteiger partial charge in [0.05, 0.1) is 22.3 Å². The Bertz CT molecular complexity index is 3690. The van der Waals surface area contributed by atoms with Crippen LogP contribution in [0.25, 0.3) is 33.1 Å². The third-order valence-corrected chi connectivity index (χ3v) is 14.6. The van der Waals surface area contributed by atoms with Gasteiger partial charge in [-0.2, -0.15) is 0 Å². The quantitative estimate of drug-likeness (QED) is 0.156. The fourth-order valence-corrected chi connectivity index (χ4v) is 11.2. The molecular formula is C63H53BN6. The molecule has 0 fully saturated rings. The van der Waals surface area contributed by atoms with Gasteiger partial charge in [-0.15, -0.1) is 0 Å². The summed E-state index contributed by atoms with van der Waals surface area (Å²) in [6, 6.07) is 76.0. The average molecular weight is 905 g/mol. The molecule has 0 amide bonds. The highest BCUT2D eigenvalue weighted by molar-refractivity contribution is 7.00. The molecule has 0 saturated heterocycles. The molecular weight excluding hydrogens is 852 g/mol. The van der Waals surface area contributed by atoms with Crippen molar-refractivity contribution < 1.29 is 0 Å². The molecule has 5 heterocycles. The molecule has 338 valence electrons. The van der Waals surface area contributed by atoms with Gasteiger partial charge in [-0.25, -0.2) is 4.98 Å². The summed E-state index contributed by atoms with van der Waals surface area (Å²) in [6.07, 6.45) is 2.16. The van der Waals surface area contributed by atoms with Crippen molar-refractivity contribution in [2.75, 3.05) is 14.7 Å². The second-order valence-electron chi connectivity index (χ2n) is 21.0. The van der Waals surface area contributed by atoms with Crippen molar-refractivity contribution in [3.8, 4) is 5.69 Å². The number of aromatic nitrogens is 3. The zero-order valence-electron chi connectivity index (χ0n) is 40.5. The van der Waals surface area contributed by atoms with E-state index in [-0.39, 0.29) is 17.5 Å². The summed E-state index contributed by atoms with van der Waals surface area (Å²) in [5.41, 5.74) is 19.3. The van der Waals surface area contributed by atoms with E-state index in [4.69, 9.17) is 4.98 Å². The van der Waals surface area contributed by atoms with E-state index in [9.17, 15) is 0 Å². The number of imidazole rings is 1. The van der Waals surface area contributed by atoms with Gasteiger partial charge in [-0.05, 0) is 130 Å². The molecule has 8 aromatic carbocycles. The molecule has 0 bridgehead atoms. The maximum Gasteiger partial charge on any atom is 0.277 e. The molecule has 7 heteroatoms. The van der Waals surface area contributed by atoms with Gasteiger partial charge in [-0.3, -0.25) is 9.30 Å². The minimum absolute atomic E-state index is 0.0247. The van der Waals surface area contributed by atoms with E-state index >= 15 is 0 Å². The monoisotopic (exact) mass is 904 g/mol. The van der Waals surface area contributed by atoms with E-state index in [0.717, 1.165) is 68.2 Å². The Morgan fingerprint density at radius 3 is 1.51 bits per heavy atom. The second kappa shape index (κ2) is 15.6. The molecule has 0 spiro atoms. The Morgan fingerprint density at radius 1 is 0.443 bits per heavy atom. The molecule has 70 heavy (non-hydrogen) atoms. The van der Waals surface area contributed by atoms with Gasteiger partial charge in [0.15, 0.2) is 0 Å². The van der Waals surface area contributed by atoms with Crippen LogP contribution in [-0.4, -0.2) is 20.7 Å². The third kappa shape index (κ3) is 6.52. The van der Waals surface area contributed by atoms with E-state index in [0.29, 0.717) is 0 Å². The first kappa shape index (κ1) is 41.9. The molecule has 0 N–H and O–H groups in total. The number of nitrogens with zero attached hydrogens (tertiary/aromatic N) is 6. The highest BCUT2D eigenvalue weighted by Gasteiger charge is 2.46. The van der Waals surface area contributed by atoms with Crippen molar-refractivity contribution in [2.24, 2.45) is 0 Å². The fourth-order valence-electron chi connectivity index (χ4n) is 11.2. The van der Waals surface area contributed by atoms with Crippen molar-refractivity contribution in [2.45, 2.75) is 52.4 Å². The summed E-state index contributed by atoms with van der Waals surface area (Å²) in [5, 5.41) is 2.46. The second-order valence-corrected chi connectivity index (χ2v) is 21.0. The largest absolute Gasteiger partial charge is 0.311 e. The van der Waals surface area contributed by atoms with E-state index in [2.05, 4.69) is 278 Å². The lowest BCUT2D eigenvalue weighted by Gasteiger charge is -2.43. The molecule has 2 aliphatic heterocycles. The minimum atomic E-state index is -0.179. The van der Waals surface area contributed by atoms with Crippen molar-refractivity contribution in [3.63, 3.8) is 0 Å². The number of fused-ring (bicyclic) bond motifs is 9. The Balaban J connectivity index is 1.13. The summed E-state index contributed by atoms with van der Waals surface area (Å²) < 4.78 is 4.74. The zero-order valence-corrected chi connectivity index (χ0v) is 40.5. The highest BCUT2D eigenvalue weighted by Crippen LogP contribution is 2.48. The first-order chi connectivity index (χ1) is 34.0. The van der Waals surface area contributed by atoms with Gasteiger partial charge in [0.1, 0.15) is 11.5 Å². The molecule has 6 nitrogen and oxygen atoms in total. The average Bonchev–Trinajstić information content (AvgIpc) is 3.93. The Morgan fingerprint density at radius 2 is 0.943 bits per heavy atom. The first-order valence-corrected chi connectivity index (χ1v) is 24.5. The van der Waals surface area contributed by atoms with Crippen LogP contribution in [0.2, 0.25) is 0 Å². The Labute approximate surface area is 410 Å². The van der Waals surface area contributed by atoms with Crippen LogP contribution in [0, 0.1) is 0 Å². The normalized spacial score (nSPS) is 13.2. The van der Waals surface area contributed by atoms with Gasteiger partial charge in [0.2, 0.25) is 0 Å². The molecule has 3 aromatic heterocycles. The number of rotatable bonds is 6. The first-order valence-electron chi connectivity index (χ1n) is 24.5. The number of benzene rings is 8. The van der Waals surface area contributed by atoms with E-state index in [1.165, 1.54) is 43.9 Å². The SMILES string of the molecule is CC(C)(C)c1ccc(N(c2ccc(C(C)(C)C)cc2)c2ccc3c(c2)N(c2ccccc2)c2cc(-n4c5ccccc5c5ccccc54)cc4c2B3c2nc3ccccn3c2N4c2ccccc2)cc1. The lowest BCUT2D eigenvalue weighted by atomic mass is 9.35. The van der Waals surface area contributed by atoms with Crippen LogP contribution in [-0.2, 0) is 10.8 Å². The molecule has 0 aliphatic carbocycles. The summed E-state index contributed by atoms with van der Waals surface area (Å²) in [6.45, 7) is 13.5. The molecule has 2 aliphatic rings. The summed E-state index contributed by atoms with van der Waals surface area (Å²) in [5.74, 6) is 1.05. The molecule has 13 rings (SSSR count). The van der Waals surface area contributed by atoms with E-state index in [1.54, 1.807) is 0 Å². The smallest absolute Gasteiger partial charge is 0.277 e.